The van der Waals surface area contributed by atoms with Crippen LogP contribution in [-0.4, -0.2) is 26.0 Å². The molecule has 144 valence electrons. The molecule has 0 fully saturated rings. The lowest BCUT2D eigenvalue weighted by Crippen LogP contribution is -2.36. The van der Waals surface area contributed by atoms with E-state index in [4.69, 9.17) is 5.73 Å². The molecule has 2 heterocycles. The molecule has 0 bridgehead atoms. The Labute approximate surface area is 158 Å². The van der Waals surface area contributed by atoms with Crippen LogP contribution in [0.1, 0.15) is 51.4 Å². The van der Waals surface area contributed by atoms with E-state index in [0.717, 1.165) is 17.7 Å². The molecule has 0 spiro atoms. The molecule has 7 heteroatoms. The lowest BCUT2D eigenvalue weighted by atomic mass is 9.82. The highest BCUT2D eigenvalue weighted by Gasteiger charge is 2.29. The summed E-state index contributed by atoms with van der Waals surface area (Å²) in [6.07, 6.45) is 2.35. The van der Waals surface area contributed by atoms with Gasteiger partial charge in [0.1, 0.15) is 17.0 Å². The molecule has 0 aliphatic carbocycles. The highest BCUT2D eigenvalue weighted by molar-refractivity contribution is 5.99. The maximum absolute atomic E-state index is 13.4. The fourth-order valence-corrected chi connectivity index (χ4v) is 3.73. The van der Waals surface area contributed by atoms with Gasteiger partial charge in [0.05, 0.1) is 11.9 Å². The molecule has 0 radical (unpaired) electrons. The maximum Gasteiger partial charge on any atom is 0.254 e. The molecular formula is C20H26FN5O. The van der Waals surface area contributed by atoms with Crippen molar-refractivity contribution in [2.45, 2.75) is 46.6 Å². The average Bonchev–Trinajstić information content (AvgIpc) is 3.06. The number of primary amides is 1. The second kappa shape index (κ2) is 6.40. The van der Waals surface area contributed by atoms with Gasteiger partial charge in [-0.25, -0.2) is 4.39 Å². The molecule has 0 aliphatic heterocycles. The number of hydrogen-bond donors (Lipinski definition) is 3. The Balaban J connectivity index is 2.15. The summed E-state index contributed by atoms with van der Waals surface area (Å²) in [5.41, 5.74) is 7.66. The fourth-order valence-electron chi connectivity index (χ4n) is 3.73. The molecule has 0 unspecified atom stereocenters. The molecule has 27 heavy (non-hydrogen) atoms. The summed E-state index contributed by atoms with van der Waals surface area (Å²) in [6, 6.07) is 6.18. The van der Waals surface area contributed by atoms with Gasteiger partial charge in [-0.3, -0.25) is 4.79 Å². The van der Waals surface area contributed by atoms with Gasteiger partial charge in [0.25, 0.3) is 5.91 Å². The number of nitrogens with two attached hydrogens (primary N) is 1. The first kappa shape index (κ1) is 18.9. The van der Waals surface area contributed by atoms with E-state index in [1.165, 1.54) is 18.3 Å². The minimum atomic E-state index is -0.558. The van der Waals surface area contributed by atoms with Crippen molar-refractivity contribution < 1.29 is 9.18 Å². The Morgan fingerprint density at radius 2 is 1.85 bits per heavy atom. The monoisotopic (exact) mass is 371 g/mol. The van der Waals surface area contributed by atoms with E-state index in [1.807, 2.05) is 0 Å². The fraction of sp³-hybridized carbons (Fsp3) is 0.400. The van der Waals surface area contributed by atoms with Crippen LogP contribution < -0.4 is 11.1 Å². The summed E-state index contributed by atoms with van der Waals surface area (Å²) in [6.45, 7) is 10.8. The summed E-state index contributed by atoms with van der Waals surface area (Å²) in [7, 11) is 0. The van der Waals surface area contributed by atoms with Gasteiger partial charge < -0.3 is 16.0 Å². The zero-order valence-corrected chi connectivity index (χ0v) is 16.4. The molecule has 3 rings (SSSR count). The SMILES string of the molecule is CC(C)(C)CC(C)(C)Nc1c(-c2ccc(F)cc2)[nH]c2c(C(N)=O)cnn12. The van der Waals surface area contributed by atoms with Crippen LogP contribution in [0.25, 0.3) is 16.9 Å². The van der Waals surface area contributed by atoms with Crippen molar-refractivity contribution in [2.75, 3.05) is 5.32 Å². The van der Waals surface area contributed by atoms with Crippen molar-refractivity contribution in [2.24, 2.45) is 11.1 Å². The number of rotatable bonds is 5. The number of carbonyl (C=O) groups is 1. The van der Waals surface area contributed by atoms with Crippen molar-refractivity contribution in [3.8, 4) is 11.3 Å². The molecule has 0 aliphatic rings. The van der Waals surface area contributed by atoms with Gasteiger partial charge in [-0.15, -0.1) is 0 Å². The van der Waals surface area contributed by atoms with Crippen LogP contribution in [0, 0.1) is 11.2 Å². The number of hydrogen-bond acceptors (Lipinski definition) is 3. The number of carbonyl (C=O) groups excluding carboxylic acids is 1. The van der Waals surface area contributed by atoms with Crippen molar-refractivity contribution >= 4 is 17.4 Å². The standard InChI is InChI=1S/C20H26FN5O/c1-19(2,3)11-20(4,5)25-18-15(12-6-8-13(21)9-7-12)24-17-14(16(22)27)10-23-26(17)18/h6-10,24-25H,11H2,1-5H3,(H2,22,27). The molecule has 1 amide bonds. The summed E-state index contributed by atoms with van der Waals surface area (Å²) >= 11 is 0. The molecular weight excluding hydrogens is 345 g/mol. The van der Waals surface area contributed by atoms with Crippen molar-refractivity contribution in [1.82, 2.24) is 14.6 Å². The van der Waals surface area contributed by atoms with Crippen LogP contribution in [-0.2, 0) is 0 Å². The van der Waals surface area contributed by atoms with Crippen LogP contribution in [0.4, 0.5) is 10.2 Å². The van der Waals surface area contributed by atoms with Gasteiger partial charge in [0, 0.05) is 11.1 Å². The molecule has 2 aromatic heterocycles. The largest absolute Gasteiger partial charge is 0.365 e. The predicted octanol–water partition coefficient (Wildman–Crippen LogP) is 4.19. The first-order valence-corrected chi connectivity index (χ1v) is 8.90. The predicted molar refractivity (Wildman–Crippen MR) is 105 cm³/mol. The van der Waals surface area contributed by atoms with Crippen LogP contribution in [0.2, 0.25) is 0 Å². The van der Waals surface area contributed by atoms with E-state index in [-0.39, 0.29) is 16.8 Å². The molecule has 6 nitrogen and oxygen atoms in total. The summed E-state index contributed by atoms with van der Waals surface area (Å²) in [5, 5.41) is 7.89. The Hall–Kier alpha value is -2.83. The first-order valence-electron chi connectivity index (χ1n) is 8.90. The second-order valence-corrected chi connectivity index (χ2v) is 8.78. The maximum atomic E-state index is 13.4. The summed E-state index contributed by atoms with van der Waals surface area (Å²) < 4.78 is 15.0. The van der Waals surface area contributed by atoms with E-state index in [1.54, 1.807) is 16.6 Å². The normalized spacial score (nSPS) is 12.5. The zero-order valence-electron chi connectivity index (χ0n) is 16.4. The van der Waals surface area contributed by atoms with Gasteiger partial charge >= 0.3 is 0 Å². The van der Waals surface area contributed by atoms with Gasteiger partial charge in [-0.05, 0) is 49.9 Å². The van der Waals surface area contributed by atoms with Gasteiger partial charge in [0.15, 0.2) is 5.82 Å². The lowest BCUT2D eigenvalue weighted by Gasteiger charge is -2.34. The lowest BCUT2D eigenvalue weighted by molar-refractivity contribution is 0.100. The number of nitrogens with zero attached hydrogens (tertiary/aromatic N) is 2. The molecule has 1 aromatic carbocycles. The topological polar surface area (TPSA) is 88.2 Å². The third kappa shape index (κ3) is 3.97. The van der Waals surface area contributed by atoms with Crippen molar-refractivity contribution in [1.29, 1.82) is 0 Å². The highest BCUT2D eigenvalue weighted by atomic mass is 19.1. The van der Waals surface area contributed by atoms with E-state index >= 15 is 0 Å². The average molecular weight is 371 g/mol. The molecule has 0 saturated heterocycles. The van der Waals surface area contributed by atoms with Gasteiger partial charge in [-0.1, -0.05) is 20.8 Å². The van der Waals surface area contributed by atoms with Gasteiger partial charge in [-0.2, -0.15) is 9.61 Å². The Bertz CT molecular complexity index is 976. The summed E-state index contributed by atoms with van der Waals surface area (Å²) in [4.78, 5) is 15.0. The highest BCUT2D eigenvalue weighted by Crippen LogP contribution is 2.35. The van der Waals surface area contributed by atoms with Crippen molar-refractivity contribution in [3.63, 3.8) is 0 Å². The van der Waals surface area contributed by atoms with E-state index in [9.17, 15) is 9.18 Å². The Kier molecular flexibility index (Phi) is 4.49. The van der Waals surface area contributed by atoms with E-state index < -0.39 is 5.91 Å². The first-order chi connectivity index (χ1) is 12.5. The third-order valence-electron chi connectivity index (χ3n) is 4.29. The minimum absolute atomic E-state index is 0.116. The number of benzene rings is 1. The number of H-pyrrole nitrogens is 1. The molecule has 3 aromatic rings. The number of imidazole rings is 1. The second-order valence-electron chi connectivity index (χ2n) is 8.78. The molecule has 0 saturated carbocycles. The molecule has 0 atom stereocenters. The zero-order chi connectivity index (χ0) is 20.0. The molecule has 4 N–H and O–H groups in total. The number of fused-ring (bicyclic) bond motifs is 1. The number of halogens is 1. The van der Waals surface area contributed by atoms with Crippen LogP contribution in [0.5, 0.6) is 0 Å². The number of aromatic amines is 1. The van der Waals surface area contributed by atoms with Crippen LogP contribution >= 0.6 is 0 Å². The number of amides is 1. The van der Waals surface area contributed by atoms with Crippen LogP contribution in [0.3, 0.4) is 0 Å². The summed E-state index contributed by atoms with van der Waals surface area (Å²) in [5.74, 6) is -0.161. The Morgan fingerprint density at radius 3 is 2.41 bits per heavy atom. The quantitative estimate of drug-likeness (QED) is 0.628. The van der Waals surface area contributed by atoms with Gasteiger partial charge in [0.2, 0.25) is 0 Å². The smallest absolute Gasteiger partial charge is 0.254 e. The van der Waals surface area contributed by atoms with Crippen molar-refractivity contribution in [3.05, 3.63) is 41.8 Å². The Morgan fingerprint density at radius 1 is 1.22 bits per heavy atom. The minimum Gasteiger partial charge on any atom is -0.365 e. The van der Waals surface area contributed by atoms with E-state index in [2.05, 4.69) is 50.0 Å². The number of nitrogens with one attached hydrogen (secondary N) is 2. The number of anilines is 1. The van der Waals surface area contributed by atoms with Crippen LogP contribution in [0.15, 0.2) is 30.5 Å². The van der Waals surface area contributed by atoms with E-state index in [0.29, 0.717) is 17.0 Å². The number of aromatic nitrogens is 3. The third-order valence-corrected chi connectivity index (χ3v) is 4.29.